The van der Waals surface area contributed by atoms with Crippen LogP contribution in [-0.4, -0.2) is 39.2 Å². The molecule has 0 saturated heterocycles. The first-order chi connectivity index (χ1) is 28.4. The fraction of sp³-hybridized carbons (Fsp3) is 0. The van der Waals surface area contributed by atoms with Crippen LogP contribution in [0.1, 0.15) is 0 Å². The number of fused-ring (bicyclic) bond motifs is 7. The van der Waals surface area contributed by atoms with Gasteiger partial charge in [-0.3, -0.25) is 0 Å². The van der Waals surface area contributed by atoms with Crippen molar-refractivity contribution in [3.63, 3.8) is 0 Å². The predicted octanol–water partition coefficient (Wildman–Crippen LogP) is 8.84. The van der Waals surface area contributed by atoms with E-state index >= 15 is 0 Å². The van der Waals surface area contributed by atoms with Crippen molar-refractivity contribution < 1.29 is 4.42 Å². The summed E-state index contributed by atoms with van der Waals surface area (Å²) in [5.41, 5.74) is 11.1. The van der Waals surface area contributed by atoms with Gasteiger partial charge >= 0.3 is 0 Å². The molecule has 256 valence electrons. The lowest BCUT2D eigenvalue weighted by molar-refractivity contribution is 0.670. The van der Waals surface area contributed by atoms with E-state index in [-0.39, 0.29) is 16.4 Å². The summed E-state index contributed by atoms with van der Waals surface area (Å²) >= 11 is 0. The minimum atomic E-state index is 0.189. The van der Waals surface area contributed by atoms with Crippen molar-refractivity contribution in [1.29, 1.82) is 0 Å². The number of hydrogen-bond donors (Lipinski definition) is 0. The monoisotopic (exact) mass is 722 g/mol. The summed E-state index contributed by atoms with van der Waals surface area (Å²) in [5, 5.41) is 10.9. The highest BCUT2D eigenvalue weighted by molar-refractivity contribution is 6.69. The lowest BCUT2D eigenvalue weighted by Crippen LogP contribution is -2.55. The maximum absolute atomic E-state index is 6.89. The summed E-state index contributed by atoms with van der Waals surface area (Å²) in [6.07, 6.45) is 0. The lowest BCUT2D eigenvalue weighted by Gasteiger charge is -2.25. The molecule has 6 heteroatoms. The van der Waals surface area contributed by atoms with Gasteiger partial charge in [-0.25, -0.2) is 0 Å². The van der Waals surface area contributed by atoms with Crippen molar-refractivity contribution in [2.24, 2.45) is 0 Å². The van der Waals surface area contributed by atoms with Crippen LogP contribution in [0.25, 0.3) is 110 Å². The molecule has 0 bridgehead atoms. The van der Waals surface area contributed by atoms with Crippen LogP contribution < -0.4 is 27.3 Å². The fourth-order valence-electron chi connectivity index (χ4n) is 9.31. The highest BCUT2D eigenvalue weighted by Crippen LogP contribution is 2.48. The minimum absolute atomic E-state index is 0.189. The summed E-state index contributed by atoms with van der Waals surface area (Å²) in [6, 6.07) is 57.8. The molecule has 0 N–H and O–H groups in total. The molecule has 1 heterocycles. The van der Waals surface area contributed by atoms with Crippen LogP contribution in [0.3, 0.4) is 0 Å². The highest BCUT2D eigenvalue weighted by Gasteiger charge is 2.23. The maximum atomic E-state index is 6.89. The Morgan fingerprint density at radius 2 is 0.690 bits per heavy atom. The van der Waals surface area contributed by atoms with Gasteiger partial charge in [-0.15, -0.1) is 16.4 Å². The van der Waals surface area contributed by atoms with Gasteiger partial charge in [-0.05, 0) is 88.6 Å². The van der Waals surface area contributed by atoms with Gasteiger partial charge < -0.3 is 4.42 Å². The third-order valence-corrected chi connectivity index (χ3v) is 11.9. The fourth-order valence-corrected chi connectivity index (χ4v) is 9.31. The molecule has 0 aliphatic carbocycles. The van der Waals surface area contributed by atoms with Gasteiger partial charge in [0, 0.05) is 21.9 Å². The zero-order valence-corrected chi connectivity index (χ0v) is 31.4. The number of para-hydroxylation sites is 1. The molecule has 0 aliphatic heterocycles. The second-order valence-electron chi connectivity index (χ2n) is 15.0. The molecule has 0 spiro atoms. The summed E-state index contributed by atoms with van der Waals surface area (Å²) in [7, 11) is 32.6. The van der Waals surface area contributed by atoms with Crippen molar-refractivity contribution in [2.45, 2.75) is 0 Å². The van der Waals surface area contributed by atoms with Crippen LogP contribution in [0.15, 0.2) is 168 Å². The van der Waals surface area contributed by atoms with Crippen LogP contribution in [0.4, 0.5) is 0 Å². The topological polar surface area (TPSA) is 13.1 Å². The average Bonchev–Trinajstić information content (AvgIpc) is 3.65. The lowest BCUT2D eigenvalue weighted by atomic mass is 9.59. The van der Waals surface area contributed by atoms with Crippen LogP contribution in [0.2, 0.25) is 0 Å². The SMILES string of the molecule is [B]c1c([B])c([B])c(-c2c3ccccc3c(-c3cccc4c3oc3ccc(-c5c6ccccc6c(-c6ccccc6)c6ccccc56)cc34)c3ccccc23)c([B])c1[B]. The molecular weight excluding hydrogens is 695 g/mol. The number of benzene rings is 10. The Kier molecular flexibility index (Phi) is 7.88. The molecule has 1 nitrogen and oxygen atoms in total. The number of furan rings is 1. The van der Waals surface area contributed by atoms with Crippen LogP contribution in [0.5, 0.6) is 0 Å². The Morgan fingerprint density at radius 1 is 0.276 bits per heavy atom. The Balaban J connectivity index is 1.18. The third-order valence-electron chi connectivity index (χ3n) is 11.9. The van der Waals surface area contributed by atoms with Crippen molar-refractivity contribution in [1.82, 2.24) is 0 Å². The van der Waals surface area contributed by atoms with Gasteiger partial charge in [0.05, 0.1) is 0 Å². The van der Waals surface area contributed by atoms with E-state index in [1.54, 1.807) is 0 Å². The Hall–Kier alpha value is -6.64. The quantitative estimate of drug-likeness (QED) is 0.131. The van der Waals surface area contributed by atoms with Gasteiger partial charge in [0.1, 0.15) is 50.4 Å². The third kappa shape index (κ3) is 4.97. The van der Waals surface area contributed by atoms with Gasteiger partial charge in [0.2, 0.25) is 0 Å². The molecule has 11 rings (SSSR count). The van der Waals surface area contributed by atoms with Crippen LogP contribution >= 0.6 is 0 Å². The van der Waals surface area contributed by atoms with E-state index in [0.717, 1.165) is 65.7 Å². The van der Waals surface area contributed by atoms with Crippen molar-refractivity contribution >= 4 is 132 Å². The molecule has 0 unspecified atom stereocenters. The number of rotatable bonds is 4. The molecule has 11 aromatic rings. The molecular formula is C52H27B5O. The first kappa shape index (κ1) is 34.6. The largest absolute Gasteiger partial charge is 0.455 e. The normalized spacial score (nSPS) is 11.8. The Morgan fingerprint density at radius 3 is 1.21 bits per heavy atom. The summed E-state index contributed by atoms with van der Waals surface area (Å²) in [6.45, 7) is 0. The standard InChI is InChI=1S/C52H27B5O/c53-47-46(48(54)50(56)51(57)49(47)55)45-36-21-10-8-19-34(36)44(35-20-9-11-22-37(35)45)39-24-12-23-38-40-27-29(25-26-41(40)58-52(38)39)43-32-17-6-4-15-30(32)42(28-13-2-1-3-14-28)31-16-5-7-18-33(31)43/h1-27H. The summed E-state index contributed by atoms with van der Waals surface area (Å²) < 4.78 is 6.89. The Labute approximate surface area is 342 Å². The molecule has 0 fully saturated rings. The molecule has 58 heavy (non-hydrogen) atoms. The van der Waals surface area contributed by atoms with Gasteiger partial charge in [0.25, 0.3) is 0 Å². The second-order valence-corrected chi connectivity index (χ2v) is 15.0. The van der Waals surface area contributed by atoms with Crippen molar-refractivity contribution in [3.8, 4) is 44.5 Å². The maximum Gasteiger partial charge on any atom is 0.143 e. The van der Waals surface area contributed by atoms with E-state index in [9.17, 15) is 0 Å². The molecule has 10 aromatic carbocycles. The molecule has 0 atom stereocenters. The van der Waals surface area contributed by atoms with E-state index in [4.69, 9.17) is 43.6 Å². The first-order valence-electron chi connectivity index (χ1n) is 19.3. The molecule has 1 aromatic heterocycles. The van der Waals surface area contributed by atoms with E-state index in [2.05, 4.69) is 140 Å². The van der Waals surface area contributed by atoms with Crippen LogP contribution in [-0.2, 0) is 0 Å². The second kappa shape index (κ2) is 13.2. The van der Waals surface area contributed by atoms with Crippen molar-refractivity contribution in [2.75, 3.05) is 0 Å². The average molecular weight is 722 g/mol. The number of hydrogen-bond acceptors (Lipinski definition) is 1. The molecule has 10 radical (unpaired) electrons. The zero-order valence-electron chi connectivity index (χ0n) is 31.4. The zero-order chi connectivity index (χ0) is 39.2. The van der Waals surface area contributed by atoms with E-state index in [1.165, 1.54) is 38.2 Å². The van der Waals surface area contributed by atoms with Crippen LogP contribution in [0, 0.1) is 0 Å². The van der Waals surface area contributed by atoms with Crippen molar-refractivity contribution in [3.05, 3.63) is 164 Å². The minimum Gasteiger partial charge on any atom is -0.455 e. The Bertz CT molecular complexity index is 3370. The molecule has 0 aliphatic rings. The highest BCUT2D eigenvalue weighted by atomic mass is 16.3. The van der Waals surface area contributed by atoms with Gasteiger partial charge in [0.15, 0.2) is 0 Å². The van der Waals surface area contributed by atoms with Gasteiger partial charge in [-0.1, -0.05) is 163 Å². The van der Waals surface area contributed by atoms with E-state index in [0.29, 0.717) is 16.5 Å². The predicted molar refractivity (Wildman–Crippen MR) is 252 cm³/mol. The van der Waals surface area contributed by atoms with E-state index in [1.807, 2.05) is 24.3 Å². The smallest absolute Gasteiger partial charge is 0.143 e. The first-order valence-corrected chi connectivity index (χ1v) is 19.3. The molecule has 0 amide bonds. The summed E-state index contributed by atoms with van der Waals surface area (Å²) in [4.78, 5) is 0. The van der Waals surface area contributed by atoms with E-state index < -0.39 is 0 Å². The molecule has 0 saturated carbocycles. The van der Waals surface area contributed by atoms with Gasteiger partial charge in [-0.2, -0.15) is 0 Å². The summed E-state index contributed by atoms with van der Waals surface area (Å²) in [5.74, 6) is 0.